The molecule has 3 rings (SSSR count). The van der Waals surface area contributed by atoms with Gasteiger partial charge in [0.05, 0.1) is 6.54 Å². The van der Waals surface area contributed by atoms with Crippen molar-refractivity contribution in [3.05, 3.63) is 59.7 Å². The molecule has 2 aromatic rings. The van der Waals surface area contributed by atoms with Crippen molar-refractivity contribution in [3.8, 4) is 11.1 Å². The number of carboxylic acid groups (broad SMARTS) is 1. The lowest BCUT2D eigenvalue weighted by molar-refractivity contribution is -0.146. The van der Waals surface area contributed by atoms with Gasteiger partial charge in [-0.3, -0.25) is 4.79 Å². The molecule has 8 heteroatoms. The molecule has 1 aliphatic rings. The molecule has 0 radical (unpaired) electrons. The van der Waals surface area contributed by atoms with Crippen molar-refractivity contribution in [2.75, 3.05) is 13.2 Å². The SMILES string of the molecule is CC(C)C[C@H](NC(=O)OCC1c2ccccc2-c2ccccc21)C(=O)NCC(O)C(=O)O. The monoisotopic (exact) mass is 440 g/mol. The zero-order valence-electron chi connectivity index (χ0n) is 18.1. The Hall–Kier alpha value is -3.39. The van der Waals surface area contributed by atoms with E-state index in [4.69, 9.17) is 9.84 Å². The summed E-state index contributed by atoms with van der Waals surface area (Å²) in [4.78, 5) is 35.7. The molecule has 0 bridgehead atoms. The third kappa shape index (κ3) is 5.45. The van der Waals surface area contributed by atoms with E-state index in [1.54, 1.807) is 0 Å². The molecule has 2 amide bonds. The van der Waals surface area contributed by atoms with E-state index in [0.717, 1.165) is 22.3 Å². The lowest BCUT2D eigenvalue weighted by Gasteiger charge is -2.21. The first-order chi connectivity index (χ1) is 15.3. The topological polar surface area (TPSA) is 125 Å². The second-order valence-electron chi connectivity index (χ2n) is 8.25. The van der Waals surface area contributed by atoms with E-state index in [1.807, 2.05) is 62.4 Å². The molecule has 170 valence electrons. The maximum absolute atomic E-state index is 12.5. The minimum Gasteiger partial charge on any atom is -0.479 e. The summed E-state index contributed by atoms with van der Waals surface area (Å²) in [5.41, 5.74) is 4.40. The molecule has 0 heterocycles. The molecule has 0 saturated carbocycles. The average molecular weight is 440 g/mol. The maximum Gasteiger partial charge on any atom is 0.407 e. The smallest absolute Gasteiger partial charge is 0.407 e. The van der Waals surface area contributed by atoms with Crippen molar-refractivity contribution in [3.63, 3.8) is 0 Å². The molecule has 0 fully saturated rings. The van der Waals surface area contributed by atoms with Crippen molar-refractivity contribution in [1.29, 1.82) is 0 Å². The maximum atomic E-state index is 12.5. The Morgan fingerprint density at radius 1 is 1.00 bits per heavy atom. The van der Waals surface area contributed by atoms with Gasteiger partial charge in [0.1, 0.15) is 12.6 Å². The van der Waals surface area contributed by atoms with Gasteiger partial charge in [0.25, 0.3) is 0 Å². The first-order valence-electron chi connectivity index (χ1n) is 10.6. The number of nitrogens with one attached hydrogen (secondary N) is 2. The van der Waals surface area contributed by atoms with Crippen LogP contribution in [0.15, 0.2) is 48.5 Å². The summed E-state index contributed by atoms with van der Waals surface area (Å²) in [6.45, 7) is 3.46. The molecule has 0 aliphatic heterocycles. The Morgan fingerprint density at radius 2 is 1.56 bits per heavy atom. The van der Waals surface area contributed by atoms with Crippen LogP contribution in [0, 0.1) is 5.92 Å². The van der Waals surface area contributed by atoms with Gasteiger partial charge in [0.15, 0.2) is 6.10 Å². The molecule has 32 heavy (non-hydrogen) atoms. The lowest BCUT2D eigenvalue weighted by atomic mass is 9.98. The minimum absolute atomic E-state index is 0.0871. The van der Waals surface area contributed by atoms with Gasteiger partial charge in [-0.2, -0.15) is 0 Å². The molecule has 1 unspecified atom stereocenters. The van der Waals surface area contributed by atoms with Crippen LogP contribution >= 0.6 is 0 Å². The van der Waals surface area contributed by atoms with E-state index < -0.39 is 36.7 Å². The number of aliphatic hydroxyl groups is 1. The molecule has 4 N–H and O–H groups in total. The molecule has 2 atom stereocenters. The highest BCUT2D eigenvalue weighted by Crippen LogP contribution is 2.44. The summed E-state index contributed by atoms with van der Waals surface area (Å²) < 4.78 is 5.49. The summed E-state index contributed by atoms with van der Waals surface area (Å²) in [6.07, 6.45) is -2.11. The van der Waals surface area contributed by atoms with Crippen molar-refractivity contribution in [2.24, 2.45) is 5.92 Å². The highest BCUT2D eigenvalue weighted by Gasteiger charge is 2.30. The van der Waals surface area contributed by atoms with Gasteiger partial charge in [-0.1, -0.05) is 62.4 Å². The molecule has 0 saturated heterocycles. The Morgan fingerprint density at radius 3 is 2.09 bits per heavy atom. The number of hydrogen-bond donors (Lipinski definition) is 4. The fraction of sp³-hybridized carbons (Fsp3) is 0.375. The molecule has 0 spiro atoms. The number of amides is 2. The number of carboxylic acids is 1. The Kier molecular flexibility index (Phi) is 7.48. The van der Waals surface area contributed by atoms with E-state index in [9.17, 15) is 19.5 Å². The molecule has 0 aromatic heterocycles. The van der Waals surface area contributed by atoms with Gasteiger partial charge in [0.2, 0.25) is 5.91 Å². The predicted octanol–water partition coefficient (Wildman–Crippen LogP) is 2.50. The largest absolute Gasteiger partial charge is 0.479 e. The summed E-state index contributed by atoms with van der Waals surface area (Å²) >= 11 is 0. The number of carbonyl (C=O) groups is 3. The summed E-state index contributed by atoms with van der Waals surface area (Å²) in [5.74, 6) is -2.03. The predicted molar refractivity (Wildman–Crippen MR) is 118 cm³/mol. The van der Waals surface area contributed by atoms with E-state index in [0.29, 0.717) is 6.42 Å². The average Bonchev–Trinajstić information content (AvgIpc) is 3.08. The van der Waals surface area contributed by atoms with Crippen LogP contribution in [0.5, 0.6) is 0 Å². The number of hydrogen-bond acceptors (Lipinski definition) is 5. The number of aliphatic carboxylic acids is 1. The zero-order chi connectivity index (χ0) is 23.3. The highest BCUT2D eigenvalue weighted by molar-refractivity contribution is 5.86. The molecule has 2 aromatic carbocycles. The first kappa shape index (κ1) is 23.3. The van der Waals surface area contributed by atoms with Gasteiger partial charge in [-0.05, 0) is 34.6 Å². The summed E-state index contributed by atoms with van der Waals surface area (Å²) in [6, 6.07) is 15.1. The van der Waals surface area contributed by atoms with E-state index in [2.05, 4.69) is 10.6 Å². The first-order valence-corrected chi connectivity index (χ1v) is 10.6. The second-order valence-corrected chi connectivity index (χ2v) is 8.25. The van der Waals surface area contributed by atoms with E-state index in [1.165, 1.54) is 0 Å². The lowest BCUT2D eigenvalue weighted by Crippen LogP contribution is -2.49. The second kappa shape index (κ2) is 10.3. The molecular weight excluding hydrogens is 412 g/mol. The van der Waals surface area contributed by atoms with Crippen molar-refractivity contribution >= 4 is 18.0 Å². The van der Waals surface area contributed by atoms with Gasteiger partial charge in [0, 0.05) is 5.92 Å². The quantitative estimate of drug-likeness (QED) is 0.475. The Labute approximate surface area is 186 Å². The third-order valence-electron chi connectivity index (χ3n) is 5.41. The number of benzene rings is 2. The van der Waals surface area contributed by atoms with Crippen LogP contribution in [0.2, 0.25) is 0 Å². The van der Waals surface area contributed by atoms with Gasteiger partial charge >= 0.3 is 12.1 Å². The van der Waals surface area contributed by atoms with Crippen molar-refractivity contribution < 1.29 is 29.3 Å². The number of carbonyl (C=O) groups excluding carboxylic acids is 2. The van der Waals surface area contributed by atoms with Crippen LogP contribution in [0.3, 0.4) is 0 Å². The fourth-order valence-electron chi connectivity index (χ4n) is 3.89. The van der Waals surface area contributed by atoms with Crippen LogP contribution in [0.25, 0.3) is 11.1 Å². The van der Waals surface area contributed by atoms with Gasteiger partial charge in [-0.15, -0.1) is 0 Å². The van der Waals surface area contributed by atoms with Crippen LogP contribution in [0.4, 0.5) is 4.79 Å². The number of alkyl carbamates (subject to hydrolysis) is 1. The van der Waals surface area contributed by atoms with Gasteiger partial charge in [-0.25, -0.2) is 9.59 Å². The standard InChI is InChI=1S/C24H28N2O6/c1-14(2)11-20(22(28)25-12-21(27)23(29)30)26-24(31)32-13-19-17-9-5-3-7-15(17)16-8-4-6-10-18(16)19/h3-10,14,19-21,27H,11-13H2,1-2H3,(H,25,28)(H,26,31)(H,29,30)/t20-,21?/m0/s1. The van der Waals surface area contributed by atoms with Crippen molar-refractivity contribution in [2.45, 2.75) is 38.3 Å². The summed E-state index contributed by atoms with van der Waals surface area (Å²) in [7, 11) is 0. The van der Waals surface area contributed by atoms with Crippen LogP contribution < -0.4 is 10.6 Å². The number of aliphatic hydroxyl groups excluding tert-OH is 1. The Balaban J connectivity index is 1.63. The van der Waals surface area contributed by atoms with Crippen molar-refractivity contribution in [1.82, 2.24) is 10.6 Å². The number of rotatable bonds is 9. The zero-order valence-corrected chi connectivity index (χ0v) is 18.1. The minimum atomic E-state index is -1.71. The number of ether oxygens (including phenoxy) is 1. The number of fused-ring (bicyclic) bond motifs is 3. The van der Waals surface area contributed by atoms with Crippen LogP contribution in [0.1, 0.15) is 37.3 Å². The molecular formula is C24H28N2O6. The third-order valence-corrected chi connectivity index (χ3v) is 5.41. The summed E-state index contributed by atoms with van der Waals surface area (Å²) in [5, 5.41) is 23.0. The normalized spacial score (nSPS) is 14.2. The van der Waals surface area contributed by atoms with Crippen LogP contribution in [-0.4, -0.2) is 53.5 Å². The van der Waals surface area contributed by atoms with Crippen LogP contribution in [-0.2, 0) is 14.3 Å². The Bertz CT molecular complexity index is 944. The van der Waals surface area contributed by atoms with E-state index in [-0.39, 0.29) is 18.4 Å². The highest BCUT2D eigenvalue weighted by atomic mass is 16.5. The van der Waals surface area contributed by atoms with Gasteiger partial charge < -0.3 is 25.6 Å². The molecule has 1 aliphatic carbocycles. The van der Waals surface area contributed by atoms with E-state index >= 15 is 0 Å². The fourth-order valence-corrected chi connectivity index (χ4v) is 3.89. The molecule has 8 nitrogen and oxygen atoms in total.